The summed E-state index contributed by atoms with van der Waals surface area (Å²) in [5.41, 5.74) is 2.41. The van der Waals surface area contributed by atoms with Crippen LogP contribution in [-0.4, -0.2) is 44.4 Å². The Morgan fingerprint density at radius 2 is 1.86 bits per heavy atom. The first-order valence-electron chi connectivity index (χ1n) is 9.27. The zero-order chi connectivity index (χ0) is 21.2. The first-order chi connectivity index (χ1) is 13.7. The molecule has 0 spiro atoms. The molecule has 0 aliphatic carbocycles. The molecular formula is C21H23NO6S. The van der Waals surface area contributed by atoms with Gasteiger partial charge in [0.2, 0.25) is 0 Å². The number of aryl methyl sites for hydroxylation is 1. The Balaban J connectivity index is 1.51. The molecule has 8 heteroatoms. The molecule has 0 radical (unpaired) electrons. The molecule has 2 aromatic carbocycles. The Bertz CT molecular complexity index is 1040. The molecule has 29 heavy (non-hydrogen) atoms. The second-order valence-corrected chi connectivity index (χ2v) is 8.89. The summed E-state index contributed by atoms with van der Waals surface area (Å²) in [6.45, 7) is 5.39. The monoisotopic (exact) mass is 417 g/mol. The molecule has 7 nitrogen and oxygen atoms in total. The standard InChI is InChI=1S/C21H23NO6S/c1-14(2)17-9-8-16(12-15(17)3)28-13-20(23)27-11-10-22-21(24)18-6-4-5-7-19(18)29(22,25)26/h4-9,12,14H,10-11,13H2,1-3H3. The molecule has 1 amide bonds. The van der Waals surface area contributed by atoms with E-state index >= 15 is 0 Å². The van der Waals surface area contributed by atoms with Gasteiger partial charge in [-0.2, -0.15) is 0 Å². The molecule has 1 heterocycles. The summed E-state index contributed by atoms with van der Waals surface area (Å²) in [6, 6.07) is 11.6. The van der Waals surface area contributed by atoms with Crippen molar-refractivity contribution in [1.82, 2.24) is 4.31 Å². The van der Waals surface area contributed by atoms with Crippen molar-refractivity contribution in [2.75, 3.05) is 19.8 Å². The van der Waals surface area contributed by atoms with E-state index in [1.165, 1.54) is 17.7 Å². The van der Waals surface area contributed by atoms with Gasteiger partial charge >= 0.3 is 5.97 Å². The van der Waals surface area contributed by atoms with Crippen LogP contribution in [0.25, 0.3) is 0 Å². The fourth-order valence-corrected chi connectivity index (χ4v) is 4.82. The molecule has 154 valence electrons. The zero-order valence-corrected chi connectivity index (χ0v) is 17.4. The van der Waals surface area contributed by atoms with Crippen LogP contribution >= 0.6 is 0 Å². The highest BCUT2D eigenvalue weighted by atomic mass is 32.2. The zero-order valence-electron chi connectivity index (χ0n) is 16.5. The quantitative estimate of drug-likeness (QED) is 0.644. The normalized spacial score (nSPS) is 14.8. The molecule has 0 fully saturated rings. The largest absolute Gasteiger partial charge is 0.482 e. The summed E-state index contributed by atoms with van der Waals surface area (Å²) in [5.74, 6) is -0.313. The van der Waals surface area contributed by atoms with Crippen LogP contribution in [0.3, 0.4) is 0 Å². The van der Waals surface area contributed by atoms with Crippen molar-refractivity contribution < 1.29 is 27.5 Å². The fraction of sp³-hybridized carbons (Fsp3) is 0.333. The number of hydrogen-bond acceptors (Lipinski definition) is 6. The Kier molecular flexibility index (Phi) is 5.93. The molecule has 0 atom stereocenters. The van der Waals surface area contributed by atoms with E-state index in [-0.39, 0.29) is 30.2 Å². The Morgan fingerprint density at radius 3 is 2.52 bits per heavy atom. The molecule has 1 aliphatic heterocycles. The number of benzene rings is 2. The van der Waals surface area contributed by atoms with E-state index in [1.807, 2.05) is 19.1 Å². The predicted molar refractivity (Wildman–Crippen MR) is 106 cm³/mol. The minimum Gasteiger partial charge on any atom is -0.482 e. The van der Waals surface area contributed by atoms with E-state index < -0.39 is 21.9 Å². The maximum absolute atomic E-state index is 12.4. The van der Waals surface area contributed by atoms with Gasteiger partial charge in [0.25, 0.3) is 15.9 Å². The lowest BCUT2D eigenvalue weighted by Gasteiger charge is -2.15. The van der Waals surface area contributed by atoms with Crippen LogP contribution in [-0.2, 0) is 19.6 Å². The van der Waals surface area contributed by atoms with Crippen LogP contribution in [0.2, 0.25) is 0 Å². The van der Waals surface area contributed by atoms with Crippen LogP contribution in [0.4, 0.5) is 0 Å². The highest BCUT2D eigenvalue weighted by Gasteiger charge is 2.40. The van der Waals surface area contributed by atoms with Crippen molar-refractivity contribution in [3.63, 3.8) is 0 Å². The summed E-state index contributed by atoms with van der Waals surface area (Å²) in [6.07, 6.45) is 0. The van der Waals surface area contributed by atoms with Crippen LogP contribution in [0.1, 0.15) is 41.3 Å². The molecule has 3 rings (SSSR count). The highest BCUT2D eigenvalue weighted by Crippen LogP contribution is 2.29. The van der Waals surface area contributed by atoms with E-state index in [4.69, 9.17) is 9.47 Å². The number of esters is 1. The smallest absolute Gasteiger partial charge is 0.344 e. The Hall–Kier alpha value is -2.87. The van der Waals surface area contributed by atoms with Gasteiger partial charge in [-0.3, -0.25) is 4.79 Å². The third kappa shape index (κ3) is 4.27. The molecular weight excluding hydrogens is 394 g/mol. The average Bonchev–Trinajstić information content (AvgIpc) is 2.87. The number of carbonyl (C=O) groups is 2. The van der Waals surface area contributed by atoms with E-state index in [1.54, 1.807) is 18.2 Å². The average molecular weight is 417 g/mol. The van der Waals surface area contributed by atoms with Gasteiger partial charge in [0.15, 0.2) is 6.61 Å². The van der Waals surface area contributed by atoms with E-state index in [0.29, 0.717) is 11.7 Å². The van der Waals surface area contributed by atoms with Crippen molar-refractivity contribution in [2.24, 2.45) is 0 Å². The molecule has 0 aromatic heterocycles. The SMILES string of the molecule is Cc1cc(OCC(=O)OCCN2C(=O)c3ccccc3S2(=O)=O)ccc1C(C)C. The van der Waals surface area contributed by atoms with Crippen LogP contribution in [0.5, 0.6) is 5.75 Å². The first kappa shape index (κ1) is 20.9. The maximum atomic E-state index is 12.4. The lowest BCUT2D eigenvalue weighted by molar-refractivity contribution is -0.146. The summed E-state index contributed by atoms with van der Waals surface area (Å²) in [7, 11) is -3.90. The van der Waals surface area contributed by atoms with Gasteiger partial charge in [-0.05, 0) is 48.2 Å². The van der Waals surface area contributed by atoms with E-state index in [9.17, 15) is 18.0 Å². The van der Waals surface area contributed by atoms with Crippen LogP contribution < -0.4 is 4.74 Å². The van der Waals surface area contributed by atoms with Gasteiger partial charge in [-0.25, -0.2) is 17.5 Å². The molecule has 0 saturated carbocycles. The van der Waals surface area contributed by atoms with Crippen LogP contribution in [0.15, 0.2) is 47.4 Å². The third-order valence-corrected chi connectivity index (χ3v) is 6.53. The number of carbonyl (C=O) groups excluding carboxylic acids is 2. The minimum atomic E-state index is -3.90. The molecule has 0 N–H and O–H groups in total. The number of nitrogens with zero attached hydrogens (tertiary/aromatic N) is 1. The molecule has 0 unspecified atom stereocenters. The number of fused-ring (bicyclic) bond motifs is 1. The predicted octanol–water partition coefficient (Wildman–Crippen LogP) is 2.89. The summed E-state index contributed by atoms with van der Waals surface area (Å²) >= 11 is 0. The number of hydrogen-bond donors (Lipinski definition) is 0. The maximum Gasteiger partial charge on any atom is 0.344 e. The molecule has 2 aromatic rings. The molecule has 1 aliphatic rings. The number of amides is 1. The van der Waals surface area contributed by atoms with Gasteiger partial charge in [-0.1, -0.05) is 32.0 Å². The minimum absolute atomic E-state index is 0.0279. The second kappa shape index (κ2) is 8.24. The van der Waals surface area contributed by atoms with Gasteiger partial charge in [-0.15, -0.1) is 0 Å². The van der Waals surface area contributed by atoms with Gasteiger partial charge in [0.1, 0.15) is 17.3 Å². The third-order valence-electron chi connectivity index (χ3n) is 4.69. The van der Waals surface area contributed by atoms with Crippen LogP contribution in [0, 0.1) is 6.92 Å². The van der Waals surface area contributed by atoms with E-state index in [2.05, 4.69) is 13.8 Å². The lowest BCUT2D eigenvalue weighted by atomic mass is 9.98. The van der Waals surface area contributed by atoms with Crippen molar-refractivity contribution in [2.45, 2.75) is 31.6 Å². The number of sulfonamides is 1. The number of ether oxygens (including phenoxy) is 2. The Labute approximate surface area is 170 Å². The first-order valence-corrected chi connectivity index (χ1v) is 10.7. The number of rotatable bonds is 7. The summed E-state index contributed by atoms with van der Waals surface area (Å²) < 4.78 is 36.1. The van der Waals surface area contributed by atoms with Crippen molar-refractivity contribution in [3.05, 3.63) is 59.2 Å². The molecule has 0 bridgehead atoms. The summed E-state index contributed by atoms with van der Waals surface area (Å²) in [5, 5.41) is 0. The summed E-state index contributed by atoms with van der Waals surface area (Å²) in [4.78, 5) is 24.2. The fourth-order valence-electron chi connectivity index (χ4n) is 3.26. The highest BCUT2D eigenvalue weighted by molar-refractivity contribution is 7.90. The van der Waals surface area contributed by atoms with Crippen molar-refractivity contribution >= 4 is 21.9 Å². The van der Waals surface area contributed by atoms with Gasteiger partial charge < -0.3 is 9.47 Å². The topological polar surface area (TPSA) is 90.0 Å². The second-order valence-electron chi connectivity index (χ2n) is 7.06. The van der Waals surface area contributed by atoms with Gasteiger partial charge in [0.05, 0.1) is 12.1 Å². The Morgan fingerprint density at radius 1 is 1.14 bits per heavy atom. The van der Waals surface area contributed by atoms with Crippen molar-refractivity contribution in [3.8, 4) is 5.75 Å². The van der Waals surface area contributed by atoms with Crippen molar-refractivity contribution in [1.29, 1.82) is 0 Å². The van der Waals surface area contributed by atoms with Gasteiger partial charge in [0, 0.05) is 0 Å². The lowest BCUT2D eigenvalue weighted by Crippen LogP contribution is -2.34. The molecule has 0 saturated heterocycles. The van der Waals surface area contributed by atoms with E-state index in [0.717, 1.165) is 9.87 Å².